The Labute approximate surface area is 140 Å². The lowest BCUT2D eigenvalue weighted by Gasteiger charge is -2.28. The summed E-state index contributed by atoms with van der Waals surface area (Å²) in [7, 11) is 0. The van der Waals surface area contributed by atoms with E-state index in [1.54, 1.807) is 0 Å². The number of likely N-dealkylation sites (tertiary alicyclic amines) is 1. The average Bonchev–Trinajstić information content (AvgIpc) is 2.95. The first-order valence-electron chi connectivity index (χ1n) is 8.37. The summed E-state index contributed by atoms with van der Waals surface area (Å²) in [5.74, 6) is -0.777. The molecular formula is C17H23F2N3O2. The molecule has 0 radical (unpaired) electrons. The highest BCUT2D eigenvalue weighted by Crippen LogP contribution is 2.14. The Balaban J connectivity index is 1.45. The van der Waals surface area contributed by atoms with Gasteiger partial charge < -0.3 is 15.0 Å². The summed E-state index contributed by atoms with van der Waals surface area (Å²) in [6, 6.07) is 3.39. The topological polar surface area (TPSA) is 44.8 Å². The van der Waals surface area contributed by atoms with Crippen molar-refractivity contribution >= 4 is 5.91 Å². The molecule has 0 bridgehead atoms. The van der Waals surface area contributed by atoms with E-state index in [0.29, 0.717) is 19.5 Å². The van der Waals surface area contributed by atoms with Crippen LogP contribution in [0.2, 0.25) is 0 Å². The lowest BCUT2D eigenvalue weighted by molar-refractivity contribution is -0.128. The molecule has 24 heavy (non-hydrogen) atoms. The fourth-order valence-corrected chi connectivity index (χ4v) is 3.14. The van der Waals surface area contributed by atoms with Gasteiger partial charge in [-0.2, -0.15) is 0 Å². The molecule has 2 aliphatic heterocycles. The van der Waals surface area contributed by atoms with E-state index in [0.717, 1.165) is 45.0 Å². The van der Waals surface area contributed by atoms with Crippen LogP contribution in [-0.2, 0) is 16.1 Å². The number of hydrogen-bond donors (Lipinski definition) is 1. The number of carbonyl (C=O) groups excluding carboxylic acids is 1. The van der Waals surface area contributed by atoms with E-state index >= 15 is 0 Å². The number of amides is 1. The molecular weight excluding hydrogens is 316 g/mol. The lowest BCUT2D eigenvalue weighted by atomic mass is 10.2. The third kappa shape index (κ3) is 4.49. The molecule has 0 aliphatic carbocycles. The number of ether oxygens (including phenoxy) is 1. The first-order chi connectivity index (χ1) is 11.6. The number of nitrogens with zero attached hydrogens (tertiary/aromatic N) is 2. The van der Waals surface area contributed by atoms with Crippen molar-refractivity contribution in [3.63, 3.8) is 0 Å². The molecule has 0 spiro atoms. The minimum absolute atomic E-state index is 0.0233. The first kappa shape index (κ1) is 17.3. The predicted molar refractivity (Wildman–Crippen MR) is 85.4 cm³/mol. The van der Waals surface area contributed by atoms with Gasteiger partial charge in [-0.25, -0.2) is 8.78 Å². The SMILES string of the molecule is O=C1CC(NCc2cc(F)ccc2F)CN1CCN1CCOCC1. The zero-order valence-electron chi connectivity index (χ0n) is 13.6. The summed E-state index contributed by atoms with van der Waals surface area (Å²) in [4.78, 5) is 16.2. The van der Waals surface area contributed by atoms with Gasteiger partial charge in [0, 0.05) is 57.3 Å². The van der Waals surface area contributed by atoms with Gasteiger partial charge in [-0.05, 0) is 18.2 Å². The number of halogens is 2. The fourth-order valence-electron chi connectivity index (χ4n) is 3.14. The molecule has 1 unspecified atom stereocenters. The molecule has 7 heteroatoms. The van der Waals surface area contributed by atoms with Crippen molar-refractivity contribution in [1.82, 2.24) is 15.1 Å². The molecule has 0 saturated carbocycles. The van der Waals surface area contributed by atoms with E-state index in [-0.39, 0.29) is 24.1 Å². The van der Waals surface area contributed by atoms with Crippen LogP contribution in [-0.4, -0.2) is 67.7 Å². The maximum absolute atomic E-state index is 13.6. The summed E-state index contributed by atoms with van der Waals surface area (Å²) in [6.45, 7) is 5.68. The zero-order valence-corrected chi connectivity index (χ0v) is 13.6. The van der Waals surface area contributed by atoms with Crippen LogP contribution in [0.5, 0.6) is 0 Å². The minimum atomic E-state index is -0.456. The summed E-state index contributed by atoms with van der Waals surface area (Å²) >= 11 is 0. The molecule has 1 aromatic carbocycles. The van der Waals surface area contributed by atoms with E-state index in [1.165, 1.54) is 6.07 Å². The average molecular weight is 339 g/mol. The van der Waals surface area contributed by atoms with Crippen LogP contribution < -0.4 is 5.32 Å². The summed E-state index contributed by atoms with van der Waals surface area (Å²) in [5.41, 5.74) is 0.286. The molecule has 2 fully saturated rings. The van der Waals surface area contributed by atoms with Gasteiger partial charge in [-0.15, -0.1) is 0 Å². The number of benzene rings is 1. The molecule has 2 aliphatic rings. The molecule has 132 valence electrons. The molecule has 2 heterocycles. The summed E-state index contributed by atoms with van der Waals surface area (Å²) < 4.78 is 32.1. The van der Waals surface area contributed by atoms with Crippen LogP contribution in [0.3, 0.4) is 0 Å². The Bertz CT molecular complexity index is 579. The van der Waals surface area contributed by atoms with Crippen molar-refractivity contribution in [3.8, 4) is 0 Å². The van der Waals surface area contributed by atoms with Crippen LogP contribution in [0.15, 0.2) is 18.2 Å². The van der Waals surface area contributed by atoms with Crippen molar-refractivity contribution in [2.75, 3.05) is 45.9 Å². The standard InChI is InChI=1S/C17H23F2N3O2/c18-14-1-2-16(19)13(9-14)11-20-15-10-17(23)22(12-15)4-3-21-5-7-24-8-6-21/h1-2,9,15,20H,3-8,10-12H2. The predicted octanol–water partition coefficient (Wildman–Crippen LogP) is 0.987. The van der Waals surface area contributed by atoms with Gasteiger partial charge in [0.15, 0.2) is 0 Å². The lowest BCUT2D eigenvalue weighted by Crippen LogP contribution is -2.42. The highest BCUT2D eigenvalue weighted by atomic mass is 19.1. The molecule has 3 rings (SSSR count). The normalized spacial score (nSPS) is 22.3. The van der Waals surface area contributed by atoms with Crippen molar-refractivity contribution in [2.24, 2.45) is 0 Å². The molecule has 5 nitrogen and oxygen atoms in total. The van der Waals surface area contributed by atoms with Gasteiger partial charge in [0.1, 0.15) is 11.6 Å². The second-order valence-corrected chi connectivity index (χ2v) is 6.31. The molecule has 1 N–H and O–H groups in total. The molecule has 1 atom stereocenters. The van der Waals surface area contributed by atoms with E-state index in [2.05, 4.69) is 10.2 Å². The van der Waals surface area contributed by atoms with Gasteiger partial charge in [-0.3, -0.25) is 9.69 Å². The second kappa shape index (κ2) is 8.00. The molecule has 1 aromatic rings. The number of nitrogens with one attached hydrogen (secondary N) is 1. The Morgan fingerprint density at radius 3 is 2.79 bits per heavy atom. The maximum Gasteiger partial charge on any atom is 0.224 e. The Morgan fingerprint density at radius 2 is 2.00 bits per heavy atom. The molecule has 2 saturated heterocycles. The largest absolute Gasteiger partial charge is 0.379 e. The van der Waals surface area contributed by atoms with Crippen molar-refractivity contribution in [2.45, 2.75) is 19.0 Å². The highest BCUT2D eigenvalue weighted by Gasteiger charge is 2.29. The van der Waals surface area contributed by atoms with Crippen molar-refractivity contribution in [3.05, 3.63) is 35.4 Å². The van der Waals surface area contributed by atoms with Gasteiger partial charge in [-0.1, -0.05) is 0 Å². The first-order valence-corrected chi connectivity index (χ1v) is 8.37. The fraction of sp³-hybridized carbons (Fsp3) is 0.588. The smallest absolute Gasteiger partial charge is 0.224 e. The van der Waals surface area contributed by atoms with Crippen LogP contribution in [0, 0.1) is 11.6 Å². The van der Waals surface area contributed by atoms with E-state index in [4.69, 9.17) is 4.74 Å². The van der Waals surface area contributed by atoms with Crippen molar-refractivity contribution < 1.29 is 18.3 Å². The van der Waals surface area contributed by atoms with E-state index in [9.17, 15) is 13.6 Å². The Hall–Kier alpha value is -1.57. The number of carbonyl (C=O) groups is 1. The van der Waals surface area contributed by atoms with Gasteiger partial charge >= 0.3 is 0 Å². The minimum Gasteiger partial charge on any atom is -0.379 e. The second-order valence-electron chi connectivity index (χ2n) is 6.31. The monoisotopic (exact) mass is 339 g/mol. The number of hydrogen-bond acceptors (Lipinski definition) is 4. The molecule has 1 amide bonds. The van der Waals surface area contributed by atoms with E-state index < -0.39 is 11.6 Å². The van der Waals surface area contributed by atoms with Crippen LogP contribution in [0.25, 0.3) is 0 Å². The number of rotatable bonds is 6. The quantitative estimate of drug-likeness (QED) is 0.840. The van der Waals surface area contributed by atoms with Crippen LogP contribution in [0.4, 0.5) is 8.78 Å². The van der Waals surface area contributed by atoms with Crippen LogP contribution in [0.1, 0.15) is 12.0 Å². The Morgan fingerprint density at radius 1 is 1.21 bits per heavy atom. The van der Waals surface area contributed by atoms with Crippen molar-refractivity contribution in [1.29, 1.82) is 0 Å². The third-order valence-corrected chi connectivity index (χ3v) is 4.59. The maximum atomic E-state index is 13.6. The van der Waals surface area contributed by atoms with Gasteiger partial charge in [0.2, 0.25) is 5.91 Å². The van der Waals surface area contributed by atoms with E-state index in [1.807, 2.05) is 4.90 Å². The highest BCUT2D eigenvalue weighted by molar-refractivity contribution is 5.79. The third-order valence-electron chi connectivity index (χ3n) is 4.59. The van der Waals surface area contributed by atoms with Gasteiger partial charge in [0.05, 0.1) is 13.2 Å². The molecule has 0 aromatic heterocycles. The zero-order chi connectivity index (χ0) is 16.9. The number of morpholine rings is 1. The van der Waals surface area contributed by atoms with Gasteiger partial charge in [0.25, 0.3) is 0 Å². The summed E-state index contributed by atoms with van der Waals surface area (Å²) in [6.07, 6.45) is 0.403. The Kier molecular flexibility index (Phi) is 5.76. The van der Waals surface area contributed by atoms with Crippen LogP contribution >= 0.6 is 0 Å². The summed E-state index contributed by atoms with van der Waals surface area (Å²) in [5, 5.41) is 3.16.